The molecule has 2 atom stereocenters. The van der Waals surface area contributed by atoms with Crippen LogP contribution in [0.1, 0.15) is 65.0 Å². The first-order valence-electron chi connectivity index (χ1n) is 7.58. The van der Waals surface area contributed by atoms with Gasteiger partial charge in [0, 0.05) is 17.6 Å². The van der Waals surface area contributed by atoms with E-state index in [1.54, 1.807) is 6.07 Å². The monoisotopic (exact) mass is 263 g/mol. The van der Waals surface area contributed by atoms with Gasteiger partial charge in [-0.2, -0.15) is 0 Å². The summed E-state index contributed by atoms with van der Waals surface area (Å²) < 4.78 is 0. The SMILES string of the molecule is CCC(NC(C)CCCC(C)C)c1ccccc1O. The zero-order valence-corrected chi connectivity index (χ0v) is 12.8. The van der Waals surface area contributed by atoms with Crippen molar-refractivity contribution in [3.8, 4) is 5.75 Å². The van der Waals surface area contributed by atoms with E-state index in [0.29, 0.717) is 11.8 Å². The average Bonchev–Trinajstić information content (AvgIpc) is 2.36. The molecule has 0 fully saturated rings. The molecule has 0 aliphatic heterocycles. The van der Waals surface area contributed by atoms with Crippen LogP contribution in [0.4, 0.5) is 0 Å². The van der Waals surface area contributed by atoms with Gasteiger partial charge >= 0.3 is 0 Å². The second kappa shape index (κ2) is 8.21. The van der Waals surface area contributed by atoms with Crippen molar-refractivity contribution in [1.82, 2.24) is 5.32 Å². The van der Waals surface area contributed by atoms with Crippen LogP contribution in [0, 0.1) is 5.92 Å². The lowest BCUT2D eigenvalue weighted by molar-refractivity contribution is 0.389. The van der Waals surface area contributed by atoms with Gasteiger partial charge in [0.1, 0.15) is 5.75 Å². The van der Waals surface area contributed by atoms with Gasteiger partial charge in [-0.15, -0.1) is 0 Å². The summed E-state index contributed by atoms with van der Waals surface area (Å²) in [7, 11) is 0. The van der Waals surface area contributed by atoms with Gasteiger partial charge in [0.2, 0.25) is 0 Å². The maximum Gasteiger partial charge on any atom is 0.120 e. The molecule has 1 rings (SSSR count). The van der Waals surface area contributed by atoms with Crippen molar-refractivity contribution >= 4 is 0 Å². The van der Waals surface area contributed by atoms with Crippen molar-refractivity contribution in [2.75, 3.05) is 0 Å². The number of hydrogen-bond acceptors (Lipinski definition) is 2. The van der Waals surface area contributed by atoms with Crippen LogP contribution < -0.4 is 5.32 Å². The average molecular weight is 263 g/mol. The maximum atomic E-state index is 9.93. The van der Waals surface area contributed by atoms with Gasteiger partial charge in [-0.25, -0.2) is 0 Å². The Balaban J connectivity index is 2.50. The number of rotatable bonds is 8. The molecular formula is C17H29NO. The molecule has 0 radical (unpaired) electrons. The Bertz CT molecular complexity index is 362. The van der Waals surface area contributed by atoms with E-state index in [1.807, 2.05) is 18.2 Å². The molecule has 1 aromatic carbocycles. The molecule has 0 spiro atoms. The largest absolute Gasteiger partial charge is 0.508 e. The Hall–Kier alpha value is -1.02. The van der Waals surface area contributed by atoms with Gasteiger partial charge in [0.15, 0.2) is 0 Å². The number of aromatic hydroxyl groups is 1. The van der Waals surface area contributed by atoms with E-state index >= 15 is 0 Å². The van der Waals surface area contributed by atoms with Crippen LogP contribution in [0.25, 0.3) is 0 Å². The Labute approximate surface area is 118 Å². The van der Waals surface area contributed by atoms with E-state index in [9.17, 15) is 5.11 Å². The third-order valence-electron chi connectivity index (χ3n) is 3.62. The van der Waals surface area contributed by atoms with Gasteiger partial charge in [-0.3, -0.25) is 0 Å². The number of phenols is 1. The van der Waals surface area contributed by atoms with Crippen LogP contribution >= 0.6 is 0 Å². The Morgan fingerprint density at radius 1 is 1.11 bits per heavy atom. The first kappa shape index (κ1) is 16.0. The van der Waals surface area contributed by atoms with E-state index in [1.165, 1.54) is 19.3 Å². The highest BCUT2D eigenvalue weighted by Gasteiger charge is 2.15. The van der Waals surface area contributed by atoms with Crippen molar-refractivity contribution in [2.45, 2.75) is 65.5 Å². The fourth-order valence-electron chi connectivity index (χ4n) is 2.47. The molecule has 2 N–H and O–H groups in total. The maximum absolute atomic E-state index is 9.93. The quantitative estimate of drug-likeness (QED) is 0.715. The molecule has 0 amide bonds. The topological polar surface area (TPSA) is 32.3 Å². The van der Waals surface area contributed by atoms with E-state index in [2.05, 4.69) is 33.0 Å². The zero-order valence-electron chi connectivity index (χ0n) is 12.8. The summed E-state index contributed by atoms with van der Waals surface area (Å²) in [6.07, 6.45) is 4.75. The van der Waals surface area contributed by atoms with E-state index in [-0.39, 0.29) is 6.04 Å². The third-order valence-corrected chi connectivity index (χ3v) is 3.62. The summed E-state index contributed by atoms with van der Waals surface area (Å²) in [6.45, 7) is 8.94. The third kappa shape index (κ3) is 5.65. The van der Waals surface area contributed by atoms with Gasteiger partial charge in [-0.05, 0) is 31.7 Å². The lowest BCUT2D eigenvalue weighted by atomic mass is 10.00. The molecule has 19 heavy (non-hydrogen) atoms. The van der Waals surface area contributed by atoms with Crippen LogP contribution in [-0.4, -0.2) is 11.1 Å². The molecule has 0 saturated carbocycles. The number of phenolic OH excluding ortho intramolecular Hbond substituents is 1. The molecule has 2 unspecified atom stereocenters. The van der Waals surface area contributed by atoms with Gasteiger partial charge < -0.3 is 10.4 Å². The van der Waals surface area contributed by atoms with Crippen molar-refractivity contribution in [3.63, 3.8) is 0 Å². The van der Waals surface area contributed by atoms with Crippen LogP contribution in [0.5, 0.6) is 5.75 Å². The summed E-state index contributed by atoms with van der Waals surface area (Å²) in [5, 5.41) is 13.6. The molecule has 0 aromatic heterocycles. The van der Waals surface area contributed by atoms with Crippen molar-refractivity contribution in [2.24, 2.45) is 5.92 Å². The summed E-state index contributed by atoms with van der Waals surface area (Å²) in [5.41, 5.74) is 1.01. The van der Waals surface area contributed by atoms with Crippen LogP contribution in [0.3, 0.4) is 0 Å². The number of para-hydroxylation sites is 1. The highest BCUT2D eigenvalue weighted by molar-refractivity contribution is 5.34. The Kier molecular flexibility index (Phi) is 6.93. The van der Waals surface area contributed by atoms with Crippen LogP contribution in [0.2, 0.25) is 0 Å². The first-order chi connectivity index (χ1) is 9.04. The molecule has 0 saturated heterocycles. The fraction of sp³-hybridized carbons (Fsp3) is 0.647. The second-order valence-corrected chi connectivity index (χ2v) is 5.91. The zero-order chi connectivity index (χ0) is 14.3. The van der Waals surface area contributed by atoms with E-state index in [4.69, 9.17) is 0 Å². The van der Waals surface area contributed by atoms with Crippen molar-refractivity contribution < 1.29 is 5.11 Å². The molecule has 108 valence electrons. The fourth-order valence-corrected chi connectivity index (χ4v) is 2.47. The molecular weight excluding hydrogens is 234 g/mol. The highest BCUT2D eigenvalue weighted by atomic mass is 16.3. The van der Waals surface area contributed by atoms with E-state index < -0.39 is 0 Å². The molecule has 0 heterocycles. The van der Waals surface area contributed by atoms with Crippen LogP contribution in [0.15, 0.2) is 24.3 Å². The standard InChI is InChI=1S/C17H29NO/c1-5-16(15-11-6-7-12-17(15)19)18-14(4)10-8-9-13(2)3/h6-7,11-14,16,18-19H,5,8-10H2,1-4H3. The smallest absolute Gasteiger partial charge is 0.120 e. The number of hydrogen-bond donors (Lipinski definition) is 2. The summed E-state index contributed by atoms with van der Waals surface area (Å²) >= 11 is 0. The lowest BCUT2D eigenvalue weighted by Gasteiger charge is -2.23. The summed E-state index contributed by atoms with van der Waals surface area (Å²) in [5.74, 6) is 1.18. The summed E-state index contributed by atoms with van der Waals surface area (Å²) in [6, 6.07) is 8.37. The lowest BCUT2D eigenvalue weighted by Crippen LogP contribution is -2.30. The predicted octanol–water partition coefficient (Wildman–Crippen LogP) is 4.65. The highest BCUT2D eigenvalue weighted by Crippen LogP contribution is 2.26. The summed E-state index contributed by atoms with van der Waals surface area (Å²) in [4.78, 5) is 0. The van der Waals surface area contributed by atoms with Crippen molar-refractivity contribution in [1.29, 1.82) is 0 Å². The molecule has 1 aromatic rings. The molecule has 0 aliphatic carbocycles. The van der Waals surface area contributed by atoms with Gasteiger partial charge in [0.25, 0.3) is 0 Å². The second-order valence-electron chi connectivity index (χ2n) is 5.91. The van der Waals surface area contributed by atoms with Crippen LogP contribution in [-0.2, 0) is 0 Å². The minimum atomic E-state index is 0.246. The normalized spacial score (nSPS) is 14.6. The van der Waals surface area contributed by atoms with Gasteiger partial charge in [-0.1, -0.05) is 51.8 Å². The van der Waals surface area contributed by atoms with E-state index in [0.717, 1.165) is 17.9 Å². The molecule has 0 aliphatic rings. The predicted molar refractivity (Wildman–Crippen MR) is 82.4 cm³/mol. The molecule has 2 heteroatoms. The van der Waals surface area contributed by atoms with Gasteiger partial charge in [0.05, 0.1) is 0 Å². The Morgan fingerprint density at radius 3 is 2.37 bits per heavy atom. The Morgan fingerprint density at radius 2 is 1.79 bits per heavy atom. The molecule has 2 nitrogen and oxygen atoms in total. The minimum absolute atomic E-state index is 0.246. The minimum Gasteiger partial charge on any atom is -0.508 e. The number of nitrogens with one attached hydrogen (secondary N) is 1. The number of benzene rings is 1. The first-order valence-corrected chi connectivity index (χ1v) is 7.58. The van der Waals surface area contributed by atoms with Crippen molar-refractivity contribution in [3.05, 3.63) is 29.8 Å². The molecule has 0 bridgehead atoms.